The van der Waals surface area contributed by atoms with Crippen LogP contribution in [0.5, 0.6) is 0 Å². The highest BCUT2D eigenvalue weighted by molar-refractivity contribution is 5.89. The largest absolute Gasteiger partial charge is 0.458 e. The first-order valence-electron chi connectivity index (χ1n) is 15.3. The minimum absolute atomic E-state index is 0.00957. The van der Waals surface area contributed by atoms with Gasteiger partial charge in [-0.25, -0.2) is 4.79 Å². The van der Waals surface area contributed by atoms with E-state index in [0.29, 0.717) is 22.8 Å². The van der Waals surface area contributed by atoms with Crippen LogP contribution in [0.1, 0.15) is 109 Å². The number of allylic oxidation sites excluding steroid dienone is 1. The molecule has 3 heteroatoms. The number of aliphatic hydroxyl groups is 1. The van der Waals surface area contributed by atoms with Gasteiger partial charge in [-0.15, -0.1) is 0 Å². The molecule has 1 N–H and O–H groups in total. The van der Waals surface area contributed by atoms with Crippen LogP contribution in [0.25, 0.3) is 0 Å². The third kappa shape index (κ3) is 4.95. The van der Waals surface area contributed by atoms with Crippen molar-refractivity contribution in [2.45, 2.75) is 111 Å². The lowest BCUT2D eigenvalue weighted by Crippen LogP contribution is -2.51. The summed E-state index contributed by atoms with van der Waals surface area (Å²) < 4.78 is 5.99. The average Bonchev–Trinajstić information content (AvgIpc) is 3.25. The van der Waals surface area contributed by atoms with Crippen LogP contribution in [0, 0.1) is 46.3 Å². The summed E-state index contributed by atoms with van der Waals surface area (Å²) in [5.74, 6) is 4.07. The van der Waals surface area contributed by atoms with E-state index in [0.717, 1.165) is 55.8 Å². The van der Waals surface area contributed by atoms with Gasteiger partial charge in [0.15, 0.2) is 0 Å². The maximum absolute atomic E-state index is 12.7. The van der Waals surface area contributed by atoms with Gasteiger partial charge in [0.05, 0.1) is 11.7 Å². The predicted octanol–water partition coefficient (Wildman–Crippen LogP) is 8.22. The third-order valence-corrected chi connectivity index (χ3v) is 11.8. The average molecular weight is 507 g/mol. The lowest BCUT2D eigenvalue weighted by molar-refractivity contribution is -0.0600. The molecule has 0 saturated heterocycles. The third-order valence-electron chi connectivity index (χ3n) is 11.8. The van der Waals surface area contributed by atoms with Crippen LogP contribution in [0.2, 0.25) is 0 Å². The zero-order valence-corrected chi connectivity index (χ0v) is 23.9. The highest BCUT2D eigenvalue weighted by Gasteiger charge is 2.59. The molecule has 4 aliphatic rings. The van der Waals surface area contributed by atoms with Gasteiger partial charge >= 0.3 is 5.97 Å². The van der Waals surface area contributed by atoms with Crippen LogP contribution >= 0.6 is 0 Å². The molecule has 0 bridgehead atoms. The molecule has 4 aliphatic carbocycles. The molecule has 0 amide bonds. The number of rotatable bonds is 7. The van der Waals surface area contributed by atoms with Gasteiger partial charge < -0.3 is 9.84 Å². The summed E-state index contributed by atoms with van der Waals surface area (Å²) in [5, 5.41) is 10.4. The normalized spacial score (nSPS) is 38.7. The van der Waals surface area contributed by atoms with Crippen molar-refractivity contribution in [2.75, 3.05) is 0 Å². The number of carbonyl (C=O) groups is 1. The number of benzene rings is 1. The molecule has 3 saturated carbocycles. The number of hydrogen-bond acceptors (Lipinski definition) is 3. The van der Waals surface area contributed by atoms with E-state index in [1.807, 2.05) is 30.3 Å². The first kappa shape index (κ1) is 27.0. The summed E-state index contributed by atoms with van der Waals surface area (Å²) in [7, 11) is 0. The van der Waals surface area contributed by atoms with E-state index in [4.69, 9.17) is 4.74 Å². The number of esters is 1. The molecule has 1 aromatic carbocycles. The van der Waals surface area contributed by atoms with Crippen LogP contribution in [-0.2, 0) is 4.74 Å². The van der Waals surface area contributed by atoms with Crippen molar-refractivity contribution in [1.82, 2.24) is 0 Å². The van der Waals surface area contributed by atoms with Gasteiger partial charge in [-0.05, 0) is 116 Å². The van der Waals surface area contributed by atoms with Gasteiger partial charge in [0.2, 0.25) is 0 Å². The Morgan fingerprint density at radius 2 is 1.76 bits per heavy atom. The molecule has 5 rings (SSSR count). The van der Waals surface area contributed by atoms with Gasteiger partial charge in [-0.2, -0.15) is 0 Å². The smallest absolute Gasteiger partial charge is 0.338 e. The van der Waals surface area contributed by atoms with E-state index >= 15 is 0 Å². The van der Waals surface area contributed by atoms with E-state index in [9.17, 15) is 9.90 Å². The van der Waals surface area contributed by atoms with Gasteiger partial charge in [0.25, 0.3) is 0 Å². The molecule has 0 spiro atoms. The fourth-order valence-electron chi connectivity index (χ4n) is 9.47. The summed E-state index contributed by atoms with van der Waals surface area (Å²) in [4.78, 5) is 12.7. The molecule has 3 nitrogen and oxygen atoms in total. The second-order valence-electron chi connectivity index (χ2n) is 14.0. The SMILES string of the molecule is CC(C)C(O)CC[C@@H](C)[C@H]1CC[C@H]2[C@@H]3CC=C4C[C@H](OC(=O)c5ccccc5)CC[C@]4(C)[C@H]3CC[C@]12C. The second kappa shape index (κ2) is 10.5. The standard InChI is InChI=1S/C34H50O3/c1-22(2)31(35)16-11-23(3)28-14-15-29-27-13-12-25-21-26(37-32(36)24-9-7-6-8-10-24)17-19-33(25,4)30(27)18-20-34(28,29)5/h6-10,12,22-23,26-31,35H,11,13-21H2,1-5H3/t23-,26-,27+,28-,29+,30+,31?,33+,34-/m1/s1. The van der Waals surface area contributed by atoms with Gasteiger partial charge in [-0.1, -0.05) is 64.5 Å². The molecule has 0 aliphatic heterocycles. The summed E-state index contributed by atoms with van der Waals surface area (Å²) in [6.45, 7) is 11.9. The number of hydrogen-bond donors (Lipinski definition) is 1. The molecule has 1 unspecified atom stereocenters. The Morgan fingerprint density at radius 1 is 1.00 bits per heavy atom. The molecular weight excluding hydrogens is 456 g/mol. The van der Waals surface area contributed by atoms with Gasteiger partial charge in [0.1, 0.15) is 6.10 Å². The van der Waals surface area contributed by atoms with Crippen LogP contribution in [0.15, 0.2) is 42.0 Å². The van der Waals surface area contributed by atoms with Crippen LogP contribution in [0.3, 0.4) is 0 Å². The molecule has 37 heavy (non-hydrogen) atoms. The Bertz CT molecular complexity index is 982. The van der Waals surface area contributed by atoms with Crippen molar-refractivity contribution in [2.24, 2.45) is 46.3 Å². The minimum Gasteiger partial charge on any atom is -0.458 e. The monoisotopic (exact) mass is 506 g/mol. The Kier molecular flexibility index (Phi) is 7.66. The quantitative estimate of drug-likeness (QED) is 0.299. The molecule has 0 aromatic heterocycles. The van der Waals surface area contributed by atoms with Gasteiger partial charge in [0, 0.05) is 6.42 Å². The van der Waals surface area contributed by atoms with Crippen molar-refractivity contribution in [3.63, 3.8) is 0 Å². The Balaban J connectivity index is 1.25. The van der Waals surface area contributed by atoms with Crippen LogP contribution in [0.4, 0.5) is 0 Å². The minimum atomic E-state index is -0.177. The van der Waals surface area contributed by atoms with Crippen molar-refractivity contribution in [3.05, 3.63) is 47.5 Å². The lowest BCUT2D eigenvalue weighted by atomic mass is 9.47. The fraction of sp³-hybridized carbons (Fsp3) is 0.735. The molecule has 0 radical (unpaired) electrons. The number of fused-ring (bicyclic) bond motifs is 5. The molecule has 9 atom stereocenters. The van der Waals surface area contributed by atoms with Crippen LogP contribution < -0.4 is 0 Å². The zero-order chi connectivity index (χ0) is 26.4. The summed E-state index contributed by atoms with van der Waals surface area (Å²) in [6, 6.07) is 9.44. The number of aliphatic hydroxyl groups excluding tert-OH is 1. The lowest BCUT2D eigenvalue weighted by Gasteiger charge is -2.58. The molecule has 204 valence electrons. The van der Waals surface area contributed by atoms with Crippen molar-refractivity contribution >= 4 is 5.97 Å². The summed E-state index contributed by atoms with van der Waals surface area (Å²) in [6.07, 6.45) is 14.2. The van der Waals surface area contributed by atoms with Crippen molar-refractivity contribution < 1.29 is 14.6 Å². The maximum Gasteiger partial charge on any atom is 0.338 e. The summed E-state index contributed by atoms with van der Waals surface area (Å²) >= 11 is 0. The molecule has 0 heterocycles. The van der Waals surface area contributed by atoms with E-state index in [1.165, 1.54) is 32.1 Å². The summed E-state index contributed by atoms with van der Waals surface area (Å²) in [5.41, 5.74) is 2.95. The van der Waals surface area contributed by atoms with Crippen molar-refractivity contribution in [1.29, 1.82) is 0 Å². The topological polar surface area (TPSA) is 46.5 Å². The van der Waals surface area contributed by atoms with E-state index in [2.05, 4.69) is 40.7 Å². The molecule has 3 fully saturated rings. The first-order chi connectivity index (χ1) is 17.6. The fourth-order valence-corrected chi connectivity index (χ4v) is 9.47. The molecule has 1 aromatic rings. The Labute approximate surface area is 225 Å². The van der Waals surface area contributed by atoms with Crippen molar-refractivity contribution in [3.8, 4) is 0 Å². The van der Waals surface area contributed by atoms with E-state index in [1.54, 1.807) is 5.57 Å². The number of carbonyl (C=O) groups excluding carboxylic acids is 1. The van der Waals surface area contributed by atoms with E-state index < -0.39 is 0 Å². The predicted molar refractivity (Wildman–Crippen MR) is 150 cm³/mol. The molecular formula is C34H50O3. The Hall–Kier alpha value is -1.61. The zero-order valence-electron chi connectivity index (χ0n) is 23.9. The van der Waals surface area contributed by atoms with E-state index in [-0.39, 0.29) is 23.6 Å². The number of ether oxygens (including phenoxy) is 1. The van der Waals surface area contributed by atoms with Gasteiger partial charge in [-0.3, -0.25) is 0 Å². The maximum atomic E-state index is 12.7. The first-order valence-corrected chi connectivity index (χ1v) is 15.3. The highest BCUT2D eigenvalue weighted by atomic mass is 16.5. The Morgan fingerprint density at radius 3 is 2.49 bits per heavy atom. The van der Waals surface area contributed by atoms with Crippen LogP contribution in [-0.4, -0.2) is 23.3 Å². The highest BCUT2D eigenvalue weighted by Crippen LogP contribution is 2.67. The second-order valence-corrected chi connectivity index (χ2v) is 14.0.